The molecule has 0 saturated heterocycles. The molecule has 0 aliphatic rings. The molecule has 6 heavy (non-hydrogen) atoms. The minimum atomic E-state index is -0.943. The molecule has 0 aromatic carbocycles. The Bertz CT molecular complexity index is 38.5. The predicted octanol–water partition coefficient (Wildman–Crippen LogP) is 1.14. The van der Waals surface area contributed by atoms with E-state index >= 15 is 0 Å². The molecule has 0 bridgehead atoms. The molecule has 0 spiro atoms. The zero-order valence-electron chi connectivity index (χ0n) is 3.34. The van der Waals surface area contributed by atoms with Crippen molar-refractivity contribution in [2.45, 2.75) is 7.77 Å². The van der Waals surface area contributed by atoms with E-state index in [2.05, 4.69) is 0 Å². The van der Waals surface area contributed by atoms with Gasteiger partial charge >= 0.3 is 68.3 Å². The third-order valence-corrected chi connectivity index (χ3v) is 10.6. The first-order valence-electron chi connectivity index (χ1n) is 1.63. The number of alkyl halides is 3. The molecule has 0 aliphatic carbocycles. The molecule has 0 nitrogen and oxygen atoms in total. The van der Waals surface area contributed by atoms with Gasteiger partial charge in [-0.15, -0.1) is 0 Å². The van der Waals surface area contributed by atoms with E-state index in [1.807, 2.05) is 0 Å². The van der Waals surface area contributed by atoms with Gasteiger partial charge in [0, 0.05) is 0 Å². The van der Waals surface area contributed by atoms with E-state index in [-0.39, 0.29) is 0 Å². The summed E-state index contributed by atoms with van der Waals surface area (Å²) in [6.07, 6.45) is 0. The molecular formula is C2H5Cl3Pb. The zero-order chi connectivity index (χ0) is 5.21. The summed E-state index contributed by atoms with van der Waals surface area (Å²) in [5, 5.41) is 0. The van der Waals surface area contributed by atoms with E-state index < -0.39 is 3.79 Å². The van der Waals surface area contributed by atoms with Crippen molar-refractivity contribution in [2.75, 3.05) is 0 Å². The van der Waals surface area contributed by atoms with E-state index in [4.69, 9.17) is 34.8 Å². The Labute approximate surface area is 67.8 Å². The Balaban J connectivity index is 3.17. The van der Waals surface area contributed by atoms with Crippen molar-refractivity contribution < 1.29 is 0 Å². The zero-order valence-corrected chi connectivity index (χ0v) is 13.4. The van der Waals surface area contributed by atoms with Gasteiger partial charge in [-0.1, -0.05) is 0 Å². The van der Waals surface area contributed by atoms with Crippen molar-refractivity contribution in [1.82, 2.24) is 0 Å². The molecule has 0 fully saturated rings. The Hall–Kier alpha value is 1.79. The SMILES string of the molecule is ClC(Cl)(Cl)[CH2][PbH3]. The normalized spacial score (nSPS) is 12.5. The van der Waals surface area contributed by atoms with Gasteiger partial charge in [0.15, 0.2) is 0 Å². The topological polar surface area (TPSA) is 0 Å². The van der Waals surface area contributed by atoms with Gasteiger partial charge < -0.3 is 0 Å². The van der Waals surface area contributed by atoms with Crippen LogP contribution in [0.4, 0.5) is 0 Å². The van der Waals surface area contributed by atoms with Gasteiger partial charge in [0.2, 0.25) is 0 Å². The van der Waals surface area contributed by atoms with Crippen molar-refractivity contribution in [3.8, 4) is 0 Å². The van der Waals surface area contributed by atoms with Crippen molar-refractivity contribution in [3.63, 3.8) is 0 Å². The van der Waals surface area contributed by atoms with Crippen LogP contribution in [-0.4, -0.2) is 29.6 Å². The molecule has 0 rings (SSSR count). The molecule has 0 saturated carbocycles. The molecular weight excluding hydrogens is 338 g/mol. The molecule has 0 radical (unpaired) electrons. The first-order valence-corrected chi connectivity index (χ1v) is 8.26. The molecule has 0 atom stereocenters. The molecule has 0 amide bonds. The third kappa shape index (κ3) is 5.79. The van der Waals surface area contributed by atoms with Crippen LogP contribution in [0.1, 0.15) is 0 Å². The Morgan fingerprint density at radius 3 is 1.50 bits per heavy atom. The summed E-state index contributed by atoms with van der Waals surface area (Å²) in [4.78, 5) is 0. The van der Waals surface area contributed by atoms with E-state index in [1.165, 1.54) is 0 Å². The fourth-order valence-electron chi connectivity index (χ4n) is 0. The van der Waals surface area contributed by atoms with E-state index in [0.717, 1.165) is 3.98 Å². The fourth-order valence-corrected chi connectivity index (χ4v) is 0. The predicted molar refractivity (Wildman–Crippen MR) is 35.0 cm³/mol. The molecule has 4 heteroatoms. The molecule has 0 unspecified atom stereocenters. The van der Waals surface area contributed by atoms with E-state index in [1.54, 1.807) is 0 Å². The Morgan fingerprint density at radius 1 is 1.33 bits per heavy atom. The maximum absolute atomic E-state index is 5.30. The molecule has 0 aromatic rings. The van der Waals surface area contributed by atoms with Crippen LogP contribution >= 0.6 is 34.8 Å². The van der Waals surface area contributed by atoms with Gasteiger partial charge in [-0.25, -0.2) is 0 Å². The summed E-state index contributed by atoms with van der Waals surface area (Å²) >= 11 is 16.3. The van der Waals surface area contributed by atoms with Crippen molar-refractivity contribution in [1.29, 1.82) is 0 Å². The second-order valence-electron chi connectivity index (χ2n) is 0.969. The first kappa shape index (κ1) is 7.79. The number of rotatable bonds is 0. The summed E-state index contributed by atoms with van der Waals surface area (Å²) in [5.74, 6) is 0. The van der Waals surface area contributed by atoms with Gasteiger partial charge in [0.1, 0.15) is 0 Å². The van der Waals surface area contributed by atoms with Crippen LogP contribution in [0, 0.1) is 0 Å². The monoisotopic (exact) mass is 342 g/mol. The molecule has 0 aromatic heterocycles. The fraction of sp³-hybridized carbons (Fsp3) is 1.00. The Kier molecular flexibility index (Phi) is 3.83. The maximum atomic E-state index is 5.30. The van der Waals surface area contributed by atoms with Gasteiger partial charge in [-0.2, -0.15) is 0 Å². The summed E-state index contributed by atoms with van der Waals surface area (Å²) in [7, 11) is 0. The van der Waals surface area contributed by atoms with Gasteiger partial charge in [0.25, 0.3) is 0 Å². The average Bonchev–Trinajstić information content (AvgIpc) is 1.35. The van der Waals surface area contributed by atoms with Crippen LogP contribution in [0.15, 0.2) is 0 Å². The second kappa shape index (κ2) is 2.95. The first-order chi connectivity index (χ1) is 2.56. The van der Waals surface area contributed by atoms with Crippen LogP contribution < -0.4 is 0 Å². The summed E-state index contributed by atoms with van der Waals surface area (Å²) in [6.45, 7) is 0. The van der Waals surface area contributed by atoms with Crippen molar-refractivity contribution in [3.05, 3.63) is 0 Å². The van der Waals surface area contributed by atoms with Crippen LogP contribution in [0.2, 0.25) is 3.98 Å². The molecule has 0 N–H and O–H groups in total. The molecule has 0 heterocycles. The van der Waals surface area contributed by atoms with Gasteiger partial charge in [-0.05, 0) is 0 Å². The average molecular weight is 343 g/mol. The van der Waals surface area contributed by atoms with Crippen LogP contribution in [0.5, 0.6) is 0 Å². The van der Waals surface area contributed by atoms with Crippen molar-refractivity contribution in [2.24, 2.45) is 0 Å². The van der Waals surface area contributed by atoms with Crippen LogP contribution in [0.25, 0.3) is 0 Å². The minimum absolute atomic E-state index is 0.436. The third-order valence-electron chi connectivity index (χ3n) is 0.401. The molecule has 38 valence electrons. The summed E-state index contributed by atoms with van der Waals surface area (Å²) in [5.41, 5.74) is 0. The van der Waals surface area contributed by atoms with E-state index in [9.17, 15) is 0 Å². The standard InChI is InChI=1S/C2H2Cl3.Pb.3H/c1-2(3,4)5;;;;/h1H2;;;;. The van der Waals surface area contributed by atoms with Gasteiger partial charge in [0.05, 0.1) is 0 Å². The number of halogens is 3. The number of hydrogen-bond donors (Lipinski definition) is 0. The number of hydrogen-bond acceptors (Lipinski definition) is 0. The second-order valence-corrected chi connectivity index (χ2v) is 6.23. The van der Waals surface area contributed by atoms with Gasteiger partial charge in [-0.3, -0.25) is 0 Å². The van der Waals surface area contributed by atoms with Crippen LogP contribution in [0.3, 0.4) is 0 Å². The Morgan fingerprint density at radius 2 is 1.50 bits per heavy atom. The van der Waals surface area contributed by atoms with Crippen LogP contribution in [-0.2, 0) is 0 Å². The van der Waals surface area contributed by atoms with Crippen molar-refractivity contribution >= 4 is 60.6 Å². The summed E-state index contributed by atoms with van der Waals surface area (Å²) in [6, 6.07) is 0. The molecule has 0 aliphatic heterocycles. The quantitative estimate of drug-likeness (QED) is 0.457. The summed E-state index contributed by atoms with van der Waals surface area (Å²) < 4.78 is -0.154. The van der Waals surface area contributed by atoms with E-state index in [0.29, 0.717) is 25.8 Å².